The summed E-state index contributed by atoms with van der Waals surface area (Å²) < 4.78 is 5.90. The topological polar surface area (TPSA) is 32.8 Å². The molecule has 3 saturated heterocycles. The van der Waals surface area contributed by atoms with Crippen molar-refractivity contribution in [2.24, 2.45) is 0 Å². The summed E-state index contributed by atoms with van der Waals surface area (Å²) in [4.78, 5) is 15.7. The van der Waals surface area contributed by atoms with E-state index in [0.29, 0.717) is 18.2 Å². The fourth-order valence-corrected chi connectivity index (χ4v) is 3.24. The van der Waals surface area contributed by atoms with Gasteiger partial charge in [-0.2, -0.15) is 0 Å². The number of fused-ring (bicyclic) bond motifs is 1. The van der Waals surface area contributed by atoms with Crippen LogP contribution in [-0.4, -0.2) is 60.1 Å². The molecule has 4 nitrogen and oxygen atoms in total. The molecule has 3 aliphatic rings. The molecule has 3 fully saturated rings. The lowest BCUT2D eigenvalue weighted by atomic mass is 10.1. The molecule has 0 aromatic rings. The summed E-state index contributed by atoms with van der Waals surface area (Å²) >= 11 is 0. The van der Waals surface area contributed by atoms with Crippen LogP contribution in [0.5, 0.6) is 0 Å². The monoisotopic (exact) mass is 196 g/mol. The second-order valence-corrected chi connectivity index (χ2v) is 4.61. The third kappa shape index (κ3) is 0.929. The number of ether oxygens (including phenoxy) is 1. The molecule has 0 saturated carbocycles. The van der Waals surface area contributed by atoms with E-state index in [2.05, 4.69) is 4.90 Å². The van der Waals surface area contributed by atoms with E-state index in [9.17, 15) is 4.79 Å². The zero-order chi connectivity index (χ0) is 9.87. The first kappa shape index (κ1) is 8.68. The minimum Gasteiger partial charge on any atom is -0.370 e. The fourth-order valence-electron chi connectivity index (χ4n) is 3.24. The average Bonchev–Trinajstić information content (AvgIpc) is 2.70. The Morgan fingerprint density at radius 1 is 1.50 bits per heavy atom. The maximum atomic E-state index is 11.3. The van der Waals surface area contributed by atoms with Crippen molar-refractivity contribution in [1.82, 2.24) is 9.80 Å². The number of hydrogen-bond acceptors (Lipinski definition) is 3. The summed E-state index contributed by atoms with van der Waals surface area (Å²) in [5.41, 5.74) is 0. The van der Waals surface area contributed by atoms with Crippen LogP contribution >= 0.6 is 0 Å². The maximum Gasteiger partial charge on any atom is 0.219 e. The van der Waals surface area contributed by atoms with E-state index in [4.69, 9.17) is 4.74 Å². The van der Waals surface area contributed by atoms with Crippen LogP contribution in [0.4, 0.5) is 0 Å². The van der Waals surface area contributed by atoms with Crippen molar-refractivity contribution in [3.8, 4) is 0 Å². The number of likely N-dealkylation sites (N-methyl/N-ethyl adjacent to an activating group) is 1. The van der Waals surface area contributed by atoms with Gasteiger partial charge in [0.05, 0.1) is 24.3 Å². The molecular weight excluding hydrogens is 180 g/mol. The quantitative estimate of drug-likeness (QED) is 0.576. The zero-order valence-electron chi connectivity index (χ0n) is 8.64. The van der Waals surface area contributed by atoms with E-state index in [0.717, 1.165) is 19.5 Å². The molecule has 0 aliphatic carbocycles. The van der Waals surface area contributed by atoms with Crippen LogP contribution in [0.1, 0.15) is 13.3 Å². The van der Waals surface area contributed by atoms with Crippen LogP contribution in [0.2, 0.25) is 0 Å². The van der Waals surface area contributed by atoms with Gasteiger partial charge in [0.25, 0.3) is 0 Å². The lowest BCUT2D eigenvalue weighted by Gasteiger charge is -2.26. The van der Waals surface area contributed by atoms with Crippen LogP contribution in [0, 0.1) is 0 Å². The van der Waals surface area contributed by atoms with E-state index in [1.165, 1.54) is 0 Å². The normalized spacial score (nSPS) is 44.7. The van der Waals surface area contributed by atoms with Gasteiger partial charge < -0.3 is 9.64 Å². The minimum atomic E-state index is 0.151. The molecule has 3 aliphatic heterocycles. The third-order valence-corrected chi connectivity index (χ3v) is 3.94. The maximum absolute atomic E-state index is 11.3. The van der Waals surface area contributed by atoms with Gasteiger partial charge in [-0.3, -0.25) is 9.69 Å². The number of carbonyl (C=O) groups excluding carboxylic acids is 1. The molecule has 0 aromatic heterocycles. The van der Waals surface area contributed by atoms with E-state index in [1.54, 1.807) is 6.92 Å². The van der Waals surface area contributed by atoms with Gasteiger partial charge in [0.15, 0.2) is 0 Å². The van der Waals surface area contributed by atoms with Crippen molar-refractivity contribution in [2.75, 3.05) is 20.1 Å². The highest BCUT2D eigenvalue weighted by molar-refractivity contribution is 5.73. The summed E-state index contributed by atoms with van der Waals surface area (Å²) in [5.74, 6) is 0.151. The first-order chi connectivity index (χ1) is 6.68. The predicted molar refractivity (Wildman–Crippen MR) is 50.9 cm³/mol. The first-order valence-corrected chi connectivity index (χ1v) is 5.31. The van der Waals surface area contributed by atoms with Crippen LogP contribution < -0.4 is 0 Å². The molecule has 3 rings (SSSR count). The van der Waals surface area contributed by atoms with Gasteiger partial charge in [-0.15, -0.1) is 0 Å². The molecule has 2 bridgehead atoms. The Morgan fingerprint density at radius 2 is 2.29 bits per heavy atom. The molecule has 0 radical (unpaired) electrons. The lowest BCUT2D eigenvalue weighted by molar-refractivity contribution is -0.130. The Bertz CT molecular complexity index is 267. The second-order valence-electron chi connectivity index (χ2n) is 4.61. The van der Waals surface area contributed by atoms with E-state index in [1.807, 2.05) is 11.9 Å². The Labute approximate surface area is 83.8 Å². The molecule has 4 atom stereocenters. The number of nitrogens with zero attached hydrogens (tertiary/aromatic N) is 2. The minimum absolute atomic E-state index is 0.151. The van der Waals surface area contributed by atoms with Gasteiger partial charge in [-0.1, -0.05) is 0 Å². The number of morpholine rings is 1. The summed E-state index contributed by atoms with van der Waals surface area (Å²) in [6.45, 7) is 3.80. The Hall–Kier alpha value is -0.610. The van der Waals surface area contributed by atoms with Gasteiger partial charge in [0, 0.05) is 27.1 Å². The van der Waals surface area contributed by atoms with Gasteiger partial charge in [-0.25, -0.2) is 0 Å². The molecule has 14 heavy (non-hydrogen) atoms. The molecule has 1 amide bonds. The molecule has 0 aromatic carbocycles. The zero-order valence-corrected chi connectivity index (χ0v) is 8.64. The number of carbonyl (C=O) groups is 1. The molecular formula is C10H16N2O2. The highest BCUT2D eigenvalue weighted by Crippen LogP contribution is 2.41. The highest BCUT2D eigenvalue weighted by Gasteiger charge is 2.58. The lowest BCUT2D eigenvalue weighted by Crippen LogP contribution is -2.45. The van der Waals surface area contributed by atoms with Crippen molar-refractivity contribution < 1.29 is 9.53 Å². The molecule has 0 spiro atoms. The number of amides is 1. The Morgan fingerprint density at radius 3 is 2.93 bits per heavy atom. The van der Waals surface area contributed by atoms with Crippen LogP contribution in [0.25, 0.3) is 0 Å². The second kappa shape index (κ2) is 2.70. The highest BCUT2D eigenvalue weighted by atomic mass is 16.5. The van der Waals surface area contributed by atoms with Gasteiger partial charge in [0.2, 0.25) is 5.91 Å². The molecule has 0 unspecified atom stereocenters. The predicted octanol–water partition coefficient (Wildman–Crippen LogP) is -0.311. The van der Waals surface area contributed by atoms with Crippen molar-refractivity contribution >= 4 is 5.91 Å². The van der Waals surface area contributed by atoms with Crippen molar-refractivity contribution in [1.29, 1.82) is 0 Å². The molecule has 0 N–H and O–H groups in total. The van der Waals surface area contributed by atoms with Crippen molar-refractivity contribution in [3.05, 3.63) is 0 Å². The van der Waals surface area contributed by atoms with Gasteiger partial charge in [0.1, 0.15) is 0 Å². The van der Waals surface area contributed by atoms with E-state index < -0.39 is 0 Å². The van der Waals surface area contributed by atoms with Crippen molar-refractivity contribution in [2.45, 2.75) is 37.6 Å². The fraction of sp³-hybridized carbons (Fsp3) is 0.900. The summed E-state index contributed by atoms with van der Waals surface area (Å²) in [6, 6.07) is 0.786. The number of rotatable bonds is 1. The standard InChI is InChI=1S/C10H16N2O2/c1-6(13)11(2)9-8-5-12-4-3-7(14-8)10(9)12/h7-10H,3-5H2,1-2H3/t7-,8+,9-,10-/m0/s1. The number of hydrogen-bond donors (Lipinski definition) is 0. The first-order valence-electron chi connectivity index (χ1n) is 5.31. The van der Waals surface area contributed by atoms with Crippen LogP contribution in [-0.2, 0) is 9.53 Å². The van der Waals surface area contributed by atoms with E-state index in [-0.39, 0.29) is 12.0 Å². The average molecular weight is 196 g/mol. The Balaban J connectivity index is 1.87. The summed E-state index contributed by atoms with van der Waals surface area (Å²) in [7, 11) is 1.90. The smallest absolute Gasteiger partial charge is 0.219 e. The molecule has 3 heterocycles. The summed E-state index contributed by atoms with van der Waals surface area (Å²) in [5, 5.41) is 0. The van der Waals surface area contributed by atoms with Crippen LogP contribution in [0.3, 0.4) is 0 Å². The molecule has 4 heteroatoms. The third-order valence-electron chi connectivity index (χ3n) is 3.94. The van der Waals surface area contributed by atoms with E-state index >= 15 is 0 Å². The van der Waals surface area contributed by atoms with Crippen molar-refractivity contribution in [3.63, 3.8) is 0 Å². The molecule has 78 valence electrons. The SMILES string of the molecule is CC(=O)N(C)[C@@H]1[C@@H]2[C@@H]3CCN2C[C@H]1O3. The van der Waals surface area contributed by atoms with Gasteiger partial charge >= 0.3 is 0 Å². The van der Waals surface area contributed by atoms with Gasteiger partial charge in [-0.05, 0) is 6.42 Å². The largest absolute Gasteiger partial charge is 0.370 e. The van der Waals surface area contributed by atoms with Crippen LogP contribution in [0.15, 0.2) is 0 Å². The Kier molecular flexibility index (Phi) is 1.67. The summed E-state index contributed by atoms with van der Waals surface area (Å²) in [6.07, 6.45) is 1.80.